The Labute approximate surface area is 126 Å². The van der Waals surface area contributed by atoms with E-state index in [1.807, 2.05) is 6.07 Å². The number of aromatic nitrogens is 2. The van der Waals surface area contributed by atoms with E-state index in [1.165, 1.54) is 5.56 Å². The first-order valence-corrected chi connectivity index (χ1v) is 7.75. The van der Waals surface area contributed by atoms with Gasteiger partial charge < -0.3 is 10.3 Å². The Hall–Kier alpha value is -1.68. The predicted octanol–water partition coefficient (Wildman–Crippen LogP) is 3.31. The van der Waals surface area contributed by atoms with E-state index >= 15 is 0 Å². The molecule has 2 rings (SSSR count). The van der Waals surface area contributed by atoms with E-state index in [0.717, 1.165) is 25.1 Å². The van der Waals surface area contributed by atoms with Crippen LogP contribution in [0.1, 0.15) is 50.9 Å². The first-order valence-electron chi connectivity index (χ1n) is 7.75. The van der Waals surface area contributed by atoms with Gasteiger partial charge in [-0.1, -0.05) is 56.3 Å². The summed E-state index contributed by atoms with van der Waals surface area (Å²) in [5, 5.41) is 4.27. The number of benzene rings is 1. The molecule has 0 amide bonds. The molecule has 21 heavy (non-hydrogen) atoms. The number of hydrogen-bond acceptors (Lipinski definition) is 4. The first kappa shape index (κ1) is 15.7. The third-order valence-corrected chi connectivity index (χ3v) is 4.36. The number of rotatable bonds is 7. The van der Waals surface area contributed by atoms with Crippen LogP contribution in [0.15, 0.2) is 34.9 Å². The molecule has 4 heteroatoms. The van der Waals surface area contributed by atoms with E-state index in [9.17, 15) is 0 Å². The maximum absolute atomic E-state index is 5.67. The normalized spacial score (nSPS) is 13.3. The Bertz CT molecular complexity index is 546. The summed E-state index contributed by atoms with van der Waals surface area (Å²) in [6, 6.07) is 10.4. The van der Waals surface area contributed by atoms with Crippen LogP contribution in [0, 0.1) is 5.92 Å². The van der Waals surface area contributed by atoms with Crippen LogP contribution in [0.25, 0.3) is 0 Å². The topological polar surface area (TPSA) is 64.9 Å². The van der Waals surface area contributed by atoms with Gasteiger partial charge in [-0.2, -0.15) is 4.98 Å². The van der Waals surface area contributed by atoms with Gasteiger partial charge in [-0.25, -0.2) is 0 Å². The highest BCUT2D eigenvalue weighted by atomic mass is 16.5. The Kier molecular flexibility index (Phi) is 5.12. The maximum Gasteiger partial charge on any atom is 0.226 e. The lowest BCUT2D eigenvalue weighted by Crippen LogP contribution is -2.27. The SMILES string of the molecule is CCC(CC)(c1ccccc1)c1noc(CC(C)CN)n1. The van der Waals surface area contributed by atoms with Crippen LogP contribution in [0.5, 0.6) is 0 Å². The molecule has 0 bridgehead atoms. The van der Waals surface area contributed by atoms with E-state index in [0.29, 0.717) is 18.4 Å². The highest BCUT2D eigenvalue weighted by Gasteiger charge is 2.35. The molecule has 1 aromatic carbocycles. The third-order valence-electron chi connectivity index (χ3n) is 4.36. The summed E-state index contributed by atoms with van der Waals surface area (Å²) in [6.45, 7) is 7.07. The van der Waals surface area contributed by atoms with Crippen molar-refractivity contribution >= 4 is 0 Å². The van der Waals surface area contributed by atoms with Crippen LogP contribution in [-0.2, 0) is 11.8 Å². The van der Waals surface area contributed by atoms with Crippen LogP contribution in [0.2, 0.25) is 0 Å². The van der Waals surface area contributed by atoms with Gasteiger partial charge >= 0.3 is 0 Å². The summed E-state index contributed by atoms with van der Waals surface area (Å²) in [6.07, 6.45) is 2.62. The summed E-state index contributed by atoms with van der Waals surface area (Å²) >= 11 is 0. The van der Waals surface area contributed by atoms with Gasteiger partial charge in [0.1, 0.15) is 0 Å². The zero-order chi connectivity index (χ0) is 15.3. The molecule has 0 fully saturated rings. The fourth-order valence-corrected chi connectivity index (χ4v) is 2.77. The van der Waals surface area contributed by atoms with Gasteiger partial charge in [0.2, 0.25) is 5.89 Å². The molecule has 0 aliphatic rings. The lowest BCUT2D eigenvalue weighted by molar-refractivity contribution is 0.341. The molecule has 0 saturated carbocycles. The molecule has 1 unspecified atom stereocenters. The van der Waals surface area contributed by atoms with Crippen LogP contribution < -0.4 is 5.73 Å². The predicted molar refractivity (Wildman–Crippen MR) is 84.0 cm³/mol. The van der Waals surface area contributed by atoms with Gasteiger partial charge in [-0.05, 0) is 30.9 Å². The van der Waals surface area contributed by atoms with Gasteiger partial charge in [0.05, 0.1) is 5.41 Å². The molecule has 2 N–H and O–H groups in total. The minimum absolute atomic E-state index is 0.172. The molecule has 1 aromatic heterocycles. The fourth-order valence-electron chi connectivity index (χ4n) is 2.77. The van der Waals surface area contributed by atoms with Crippen molar-refractivity contribution in [2.24, 2.45) is 11.7 Å². The first-order chi connectivity index (χ1) is 10.2. The Morgan fingerprint density at radius 1 is 1.19 bits per heavy atom. The average Bonchev–Trinajstić information content (AvgIpc) is 2.99. The number of nitrogens with two attached hydrogens (primary N) is 1. The molecular formula is C17H25N3O. The smallest absolute Gasteiger partial charge is 0.226 e. The molecule has 114 valence electrons. The number of nitrogens with zero attached hydrogens (tertiary/aromatic N) is 2. The van der Waals surface area contributed by atoms with E-state index in [-0.39, 0.29) is 5.41 Å². The third kappa shape index (κ3) is 3.16. The quantitative estimate of drug-likeness (QED) is 0.848. The van der Waals surface area contributed by atoms with Crippen molar-refractivity contribution in [3.05, 3.63) is 47.6 Å². The van der Waals surface area contributed by atoms with Crippen LogP contribution in [0.4, 0.5) is 0 Å². The van der Waals surface area contributed by atoms with Crippen molar-refractivity contribution in [2.45, 2.75) is 45.4 Å². The monoisotopic (exact) mass is 287 g/mol. The minimum Gasteiger partial charge on any atom is -0.339 e. The average molecular weight is 287 g/mol. The molecular weight excluding hydrogens is 262 g/mol. The maximum atomic E-state index is 5.67. The Morgan fingerprint density at radius 2 is 1.86 bits per heavy atom. The minimum atomic E-state index is -0.172. The molecule has 2 aromatic rings. The summed E-state index contributed by atoms with van der Waals surface area (Å²) in [5.41, 5.74) is 6.74. The second kappa shape index (κ2) is 6.85. The highest BCUT2D eigenvalue weighted by molar-refractivity contribution is 5.32. The second-order valence-corrected chi connectivity index (χ2v) is 5.71. The van der Waals surface area contributed by atoms with E-state index in [2.05, 4.69) is 55.2 Å². The van der Waals surface area contributed by atoms with Crippen molar-refractivity contribution < 1.29 is 4.52 Å². The standard InChI is InChI=1S/C17H25N3O/c1-4-17(5-2,14-9-7-6-8-10-14)16-19-15(21-20-16)11-13(3)12-18/h6-10,13H,4-5,11-12,18H2,1-3H3. The lowest BCUT2D eigenvalue weighted by Gasteiger charge is -2.28. The van der Waals surface area contributed by atoms with Crippen molar-refractivity contribution in [3.63, 3.8) is 0 Å². The summed E-state index contributed by atoms with van der Waals surface area (Å²) in [4.78, 5) is 4.66. The van der Waals surface area contributed by atoms with E-state index < -0.39 is 0 Å². The molecule has 0 saturated heterocycles. The Morgan fingerprint density at radius 3 is 2.43 bits per heavy atom. The highest BCUT2D eigenvalue weighted by Crippen LogP contribution is 2.37. The van der Waals surface area contributed by atoms with Gasteiger partial charge in [-0.3, -0.25) is 0 Å². The summed E-state index contributed by atoms with van der Waals surface area (Å²) in [7, 11) is 0. The summed E-state index contributed by atoms with van der Waals surface area (Å²) < 4.78 is 5.45. The van der Waals surface area contributed by atoms with Crippen molar-refractivity contribution in [1.29, 1.82) is 0 Å². The van der Waals surface area contributed by atoms with E-state index in [1.54, 1.807) is 0 Å². The van der Waals surface area contributed by atoms with Gasteiger partial charge in [-0.15, -0.1) is 0 Å². The van der Waals surface area contributed by atoms with Gasteiger partial charge in [0.25, 0.3) is 0 Å². The van der Waals surface area contributed by atoms with Crippen molar-refractivity contribution in [2.75, 3.05) is 6.54 Å². The van der Waals surface area contributed by atoms with Gasteiger partial charge in [0, 0.05) is 6.42 Å². The Balaban J connectivity index is 2.35. The van der Waals surface area contributed by atoms with Crippen LogP contribution in [0.3, 0.4) is 0 Å². The molecule has 1 heterocycles. The molecule has 0 aliphatic heterocycles. The van der Waals surface area contributed by atoms with Crippen LogP contribution in [-0.4, -0.2) is 16.7 Å². The zero-order valence-electron chi connectivity index (χ0n) is 13.2. The lowest BCUT2D eigenvalue weighted by atomic mass is 9.75. The molecule has 0 aliphatic carbocycles. The number of hydrogen-bond donors (Lipinski definition) is 1. The largest absolute Gasteiger partial charge is 0.339 e. The molecule has 0 radical (unpaired) electrons. The van der Waals surface area contributed by atoms with Crippen molar-refractivity contribution in [3.8, 4) is 0 Å². The van der Waals surface area contributed by atoms with Gasteiger partial charge in [0.15, 0.2) is 5.82 Å². The molecule has 4 nitrogen and oxygen atoms in total. The summed E-state index contributed by atoms with van der Waals surface area (Å²) in [5.74, 6) is 1.83. The fraction of sp³-hybridized carbons (Fsp3) is 0.529. The van der Waals surface area contributed by atoms with E-state index in [4.69, 9.17) is 10.3 Å². The zero-order valence-corrected chi connectivity index (χ0v) is 13.2. The van der Waals surface area contributed by atoms with Crippen molar-refractivity contribution in [1.82, 2.24) is 10.1 Å². The molecule has 0 spiro atoms. The second-order valence-electron chi connectivity index (χ2n) is 5.71. The molecule has 1 atom stereocenters. The van der Waals surface area contributed by atoms with Crippen LogP contribution >= 0.6 is 0 Å².